The lowest BCUT2D eigenvalue weighted by Gasteiger charge is -2.10. The molecule has 30 heavy (non-hydrogen) atoms. The molecule has 3 heterocycles. The summed E-state index contributed by atoms with van der Waals surface area (Å²) in [4.78, 5) is 24.8. The summed E-state index contributed by atoms with van der Waals surface area (Å²) in [6.07, 6.45) is 6.94. The third-order valence-electron chi connectivity index (χ3n) is 4.27. The lowest BCUT2D eigenvalue weighted by atomic mass is 10.2. The van der Waals surface area contributed by atoms with Gasteiger partial charge < -0.3 is 20.5 Å². The van der Waals surface area contributed by atoms with Gasteiger partial charge in [0, 0.05) is 36.0 Å². The van der Waals surface area contributed by atoms with Gasteiger partial charge in [-0.25, -0.2) is 15.0 Å². The summed E-state index contributed by atoms with van der Waals surface area (Å²) in [6, 6.07) is 16.9. The monoisotopic (exact) mass is 399 g/mol. The molecule has 4 aromatic rings. The predicted octanol–water partition coefficient (Wildman–Crippen LogP) is 4.11. The first-order chi connectivity index (χ1) is 14.6. The summed E-state index contributed by atoms with van der Waals surface area (Å²) in [5.74, 6) is 1.92. The van der Waals surface area contributed by atoms with Crippen LogP contribution in [0.2, 0.25) is 0 Å². The van der Waals surface area contributed by atoms with E-state index in [1.54, 1.807) is 12.3 Å². The van der Waals surface area contributed by atoms with E-state index in [0.717, 1.165) is 22.8 Å². The normalized spacial score (nSPS) is 10.4. The summed E-state index contributed by atoms with van der Waals surface area (Å²) in [6.45, 7) is 2.28. The quantitative estimate of drug-likeness (QED) is 0.433. The van der Waals surface area contributed by atoms with Crippen LogP contribution in [0.1, 0.15) is 5.56 Å². The Balaban J connectivity index is 1.36. The predicted molar refractivity (Wildman–Crippen MR) is 117 cm³/mol. The van der Waals surface area contributed by atoms with E-state index in [1.165, 1.54) is 6.33 Å². The van der Waals surface area contributed by atoms with Crippen LogP contribution in [0.15, 0.2) is 79.5 Å². The van der Waals surface area contributed by atoms with Crippen molar-refractivity contribution in [3.63, 3.8) is 0 Å². The third kappa shape index (κ3) is 5.20. The molecule has 8 nitrogen and oxygen atoms in total. The van der Waals surface area contributed by atoms with Crippen molar-refractivity contribution in [3.05, 3.63) is 85.1 Å². The molecule has 0 saturated heterocycles. The van der Waals surface area contributed by atoms with Gasteiger partial charge in [-0.15, -0.1) is 0 Å². The Morgan fingerprint density at radius 1 is 0.867 bits per heavy atom. The molecule has 0 fully saturated rings. The van der Waals surface area contributed by atoms with Crippen LogP contribution in [-0.4, -0.2) is 25.4 Å². The van der Waals surface area contributed by atoms with E-state index in [0.29, 0.717) is 11.6 Å². The van der Waals surface area contributed by atoms with Crippen molar-refractivity contribution in [2.45, 2.75) is 13.5 Å². The maximum absolute atomic E-state index is 12.1. The maximum Gasteiger partial charge on any atom is 0.244 e. The Kier molecular flexibility index (Phi) is 5.66. The molecule has 0 aliphatic carbocycles. The first-order valence-electron chi connectivity index (χ1n) is 9.43. The van der Waals surface area contributed by atoms with Crippen LogP contribution in [0.5, 0.6) is 0 Å². The number of amides is 1. The summed E-state index contributed by atoms with van der Waals surface area (Å²) < 4.78 is 1.82. The second kappa shape index (κ2) is 8.87. The topological polar surface area (TPSA) is 96.8 Å². The largest absolute Gasteiger partial charge is 0.345 e. The van der Waals surface area contributed by atoms with Crippen molar-refractivity contribution >= 4 is 34.7 Å². The summed E-state index contributed by atoms with van der Waals surface area (Å²) in [5, 5.41) is 9.28. The van der Waals surface area contributed by atoms with Gasteiger partial charge in [-0.1, -0.05) is 0 Å². The molecule has 150 valence electrons. The van der Waals surface area contributed by atoms with E-state index in [2.05, 4.69) is 30.9 Å². The molecule has 0 radical (unpaired) electrons. The molecular weight excluding hydrogens is 378 g/mol. The maximum atomic E-state index is 12.1. The van der Waals surface area contributed by atoms with E-state index in [4.69, 9.17) is 0 Å². The van der Waals surface area contributed by atoms with E-state index >= 15 is 0 Å². The number of nitrogens with one attached hydrogen (secondary N) is 3. The minimum absolute atomic E-state index is 0.0804. The summed E-state index contributed by atoms with van der Waals surface area (Å²) in [7, 11) is 0. The summed E-state index contributed by atoms with van der Waals surface area (Å²) >= 11 is 0. The van der Waals surface area contributed by atoms with Crippen LogP contribution in [0.25, 0.3) is 0 Å². The minimum atomic E-state index is -0.0804. The zero-order chi connectivity index (χ0) is 20.8. The number of benzene rings is 1. The first-order valence-corrected chi connectivity index (χ1v) is 9.43. The second-order valence-electron chi connectivity index (χ2n) is 6.74. The lowest BCUT2D eigenvalue weighted by molar-refractivity contribution is -0.116. The van der Waals surface area contributed by atoms with Crippen molar-refractivity contribution in [1.82, 2.24) is 19.5 Å². The number of anilines is 5. The molecule has 0 atom stereocenters. The van der Waals surface area contributed by atoms with Crippen LogP contribution in [0.3, 0.4) is 0 Å². The zero-order valence-electron chi connectivity index (χ0n) is 16.4. The highest BCUT2D eigenvalue weighted by Gasteiger charge is 2.05. The van der Waals surface area contributed by atoms with Crippen LogP contribution < -0.4 is 16.0 Å². The smallest absolute Gasteiger partial charge is 0.244 e. The zero-order valence-corrected chi connectivity index (χ0v) is 16.4. The lowest BCUT2D eigenvalue weighted by Crippen LogP contribution is -2.17. The van der Waals surface area contributed by atoms with Crippen molar-refractivity contribution in [2.75, 3.05) is 16.0 Å². The number of carbonyl (C=O) groups is 1. The number of aromatic nitrogens is 4. The minimum Gasteiger partial charge on any atom is -0.345 e. The van der Waals surface area contributed by atoms with Crippen molar-refractivity contribution < 1.29 is 4.79 Å². The highest BCUT2D eigenvalue weighted by Crippen LogP contribution is 2.20. The Hall–Kier alpha value is -4.20. The molecule has 3 aromatic heterocycles. The number of rotatable bonds is 7. The molecule has 1 amide bonds. The number of pyridine rings is 1. The van der Waals surface area contributed by atoms with Gasteiger partial charge in [0.25, 0.3) is 0 Å². The fourth-order valence-electron chi connectivity index (χ4n) is 2.86. The van der Waals surface area contributed by atoms with Gasteiger partial charge in [-0.2, -0.15) is 0 Å². The van der Waals surface area contributed by atoms with Gasteiger partial charge in [-0.3, -0.25) is 4.79 Å². The first kappa shape index (κ1) is 19.1. The molecule has 0 saturated carbocycles. The van der Waals surface area contributed by atoms with Gasteiger partial charge in [0.05, 0.1) is 0 Å². The average molecular weight is 399 g/mol. The van der Waals surface area contributed by atoms with Gasteiger partial charge in [-0.05, 0) is 61.0 Å². The van der Waals surface area contributed by atoms with Gasteiger partial charge in [0.15, 0.2) is 0 Å². The van der Waals surface area contributed by atoms with Crippen molar-refractivity contribution in [3.8, 4) is 0 Å². The highest BCUT2D eigenvalue weighted by molar-refractivity contribution is 5.90. The van der Waals surface area contributed by atoms with E-state index in [9.17, 15) is 4.79 Å². The van der Waals surface area contributed by atoms with Crippen LogP contribution in [0.4, 0.5) is 28.8 Å². The molecule has 0 bridgehead atoms. The second-order valence-corrected chi connectivity index (χ2v) is 6.74. The van der Waals surface area contributed by atoms with Crippen LogP contribution in [0, 0.1) is 6.92 Å². The Morgan fingerprint density at radius 2 is 1.53 bits per heavy atom. The third-order valence-corrected chi connectivity index (χ3v) is 4.27. The summed E-state index contributed by atoms with van der Waals surface area (Å²) in [5.41, 5.74) is 2.69. The van der Waals surface area contributed by atoms with E-state index in [1.807, 2.05) is 72.4 Å². The molecule has 4 rings (SSSR count). The molecule has 8 heteroatoms. The standard InChI is InChI=1S/C22H21N7O/c1-16-8-9-23-19(12-16)28-21-13-20(24-15-25-21)26-17-4-6-18(7-5-17)27-22(30)14-29-10-2-3-11-29/h2-13,15H,14H2,1H3,(H,27,30)(H2,23,24,25,26,28). The Morgan fingerprint density at radius 3 is 2.27 bits per heavy atom. The fraction of sp³-hybridized carbons (Fsp3) is 0.0909. The van der Waals surface area contributed by atoms with Gasteiger partial charge >= 0.3 is 0 Å². The van der Waals surface area contributed by atoms with Gasteiger partial charge in [0.1, 0.15) is 30.3 Å². The number of hydrogen-bond acceptors (Lipinski definition) is 6. The van der Waals surface area contributed by atoms with E-state index < -0.39 is 0 Å². The van der Waals surface area contributed by atoms with E-state index in [-0.39, 0.29) is 12.5 Å². The highest BCUT2D eigenvalue weighted by atomic mass is 16.1. The molecule has 0 unspecified atom stereocenters. The molecule has 0 aliphatic rings. The number of nitrogens with zero attached hydrogens (tertiary/aromatic N) is 4. The fourth-order valence-corrected chi connectivity index (χ4v) is 2.86. The van der Waals surface area contributed by atoms with Gasteiger partial charge in [0.2, 0.25) is 5.91 Å². The SMILES string of the molecule is Cc1ccnc(Nc2cc(Nc3ccc(NC(=O)Cn4cccc4)cc3)ncn2)c1. The molecule has 0 aliphatic heterocycles. The number of carbonyl (C=O) groups excluding carboxylic acids is 1. The number of aryl methyl sites for hydroxylation is 1. The van der Waals surface area contributed by atoms with Crippen molar-refractivity contribution in [1.29, 1.82) is 0 Å². The Labute approximate surface area is 174 Å². The Bertz CT molecular complexity index is 1120. The van der Waals surface area contributed by atoms with Crippen LogP contribution in [-0.2, 0) is 11.3 Å². The molecular formula is C22H21N7O. The molecule has 1 aromatic carbocycles. The number of hydrogen-bond donors (Lipinski definition) is 3. The molecule has 3 N–H and O–H groups in total. The average Bonchev–Trinajstić information content (AvgIpc) is 3.23. The van der Waals surface area contributed by atoms with Crippen LogP contribution >= 0.6 is 0 Å². The molecule has 0 spiro atoms. The van der Waals surface area contributed by atoms with Crippen molar-refractivity contribution in [2.24, 2.45) is 0 Å².